The number of hydrogen-bond donors (Lipinski definition) is 11. The molecule has 0 spiro atoms. The fraction of sp³-hybridized carbons (Fsp3) is 0.270. The minimum atomic E-state index is -1.52. The van der Waals surface area contributed by atoms with Crippen LogP contribution in [0.15, 0.2) is 175 Å². The lowest BCUT2D eigenvalue weighted by Gasteiger charge is -2.25. The van der Waals surface area contributed by atoms with Crippen molar-refractivity contribution in [3.8, 4) is 11.5 Å². The monoisotopic (exact) mass is 1190 g/mol. The summed E-state index contributed by atoms with van der Waals surface area (Å²) in [6, 6.07) is 38.9. The summed E-state index contributed by atoms with van der Waals surface area (Å²) in [5.74, 6) is -6.10. The number of benzene rings is 6. The molecular weight excluding hydrogens is 1120 g/mol. The van der Waals surface area contributed by atoms with E-state index in [1.807, 2.05) is 0 Å². The Balaban J connectivity index is 1.18. The lowest BCUT2D eigenvalue weighted by molar-refractivity contribution is -0.136. The molecule has 0 radical (unpaired) electrons. The van der Waals surface area contributed by atoms with Gasteiger partial charge in [-0.15, -0.1) is 0 Å². The third-order valence-electron chi connectivity index (χ3n) is 13.3. The maximum Gasteiger partial charge on any atom is 0.408 e. The number of hydrogen-bond acceptors (Lipinski definition) is 14. The Morgan fingerprint density at radius 3 is 1.15 bits per heavy atom. The minimum absolute atomic E-state index is 0.00736. The lowest BCUT2D eigenvalue weighted by atomic mass is 10.0. The van der Waals surface area contributed by atoms with Gasteiger partial charge >= 0.3 is 18.2 Å². The smallest absolute Gasteiger partial charge is 0.408 e. The number of aliphatic imine (C=N–C) groups is 1. The molecule has 0 unspecified atom stereocenters. The van der Waals surface area contributed by atoms with Gasteiger partial charge in [0.05, 0.1) is 0 Å². The molecule has 0 saturated carbocycles. The van der Waals surface area contributed by atoms with Gasteiger partial charge in [0.25, 0.3) is 0 Å². The van der Waals surface area contributed by atoms with Crippen molar-refractivity contribution in [3.63, 3.8) is 0 Å². The van der Waals surface area contributed by atoms with Crippen molar-refractivity contribution in [1.29, 1.82) is 0 Å². The first-order valence-corrected chi connectivity index (χ1v) is 27.8. The number of nitrogens with two attached hydrogens (primary N) is 4. The van der Waals surface area contributed by atoms with Crippen molar-refractivity contribution in [2.75, 3.05) is 6.54 Å². The molecule has 6 aromatic carbocycles. The number of rotatable bonds is 32. The summed E-state index contributed by atoms with van der Waals surface area (Å²) in [4.78, 5) is 126. The zero-order chi connectivity index (χ0) is 62.5. The predicted molar refractivity (Wildman–Crippen MR) is 320 cm³/mol. The van der Waals surface area contributed by atoms with Crippen LogP contribution in [0, 0.1) is 0 Å². The van der Waals surface area contributed by atoms with Gasteiger partial charge in [-0.3, -0.25) is 38.6 Å². The van der Waals surface area contributed by atoms with Crippen LogP contribution in [0.3, 0.4) is 0 Å². The Labute approximate surface area is 502 Å². The number of amides is 8. The summed E-state index contributed by atoms with van der Waals surface area (Å²) in [5, 5.41) is 25.6. The van der Waals surface area contributed by atoms with Crippen LogP contribution in [-0.2, 0) is 81.9 Å². The van der Waals surface area contributed by atoms with Gasteiger partial charge in [0.15, 0.2) is 5.96 Å². The van der Waals surface area contributed by atoms with Crippen molar-refractivity contribution in [2.24, 2.45) is 27.9 Å². The van der Waals surface area contributed by atoms with Gasteiger partial charge in [-0.2, -0.15) is 0 Å². The van der Waals surface area contributed by atoms with Gasteiger partial charge in [0.2, 0.25) is 35.4 Å². The largest absolute Gasteiger partial charge is 0.508 e. The molecule has 87 heavy (non-hydrogen) atoms. The number of guanidine groups is 1. The Morgan fingerprint density at radius 2 is 0.747 bits per heavy atom. The van der Waals surface area contributed by atoms with Gasteiger partial charge in [0.1, 0.15) is 61.0 Å². The van der Waals surface area contributed by atoms with Gasteiger partial charge < -0.3 is 74.2 Å². The Hall–Kier alpha value is -10.8. The number of carbonyl (C=O) groups is 9. The van der Waals surface area contributed by atoms with Crippen LogP contribution in [0.2, 0.25) is 0 Å². The highest BCUT2D eigenvalue weighted by Crippen LogP contribution is 2.18. The number of ether oxygens (including phenoxy) is 3. The molecule has 6 atom stereocenters. The van der Waals surface area contributed by atoms with E-state index >= 15 is 0 Å². The standard InChI is InChI=1S/C63H71N11O13/c64-55(77)50(34-40-14-5-1-6-15-40)71-57(79)48(22-13-33-68-61(66)67)69-59(81)53(74-63(84)86-39-45-20-11-4-12-21-45)37-43-25-29-47(30-26-43)87-54(76)32-31-49(58(80)72-51(56(65)78)35-41-16-7-2-8-17-41)70-60(82)52(36-42-23-27-46(75)28-24-42)73-62(83)85-38-44-18-9-3-10-19-44/h1-12,14-21,23-30,48-53,75H,13,22,31-39H2,(H2,64,77)(H2,65,78)(H,69,81)(H,70,82)(H,71,79)(H,72,80)(H,73,83)(H,74,84)(H4,66,67,68)/t48-,49-,50-,51-,52-,53-/m0/s1. The highest BCUT2D eigenvalue weighted by Gasteiger charge is 2.32. The number of phenolic OH excluding ortho intramolecular Hbond substituents is 1. The van der Waals surface area contributed by atoms with Gasteiger partial charge in [0, 0.05) is 38.6 Å². The average molecular weight is 1190 g/mol. The average Bonchev–Trinajstić information content (AvgIpc) is 3.65. The second-order valence-electron chi connectivity index (χ2n) is 20.1. The molecule has 24 heteroatoms. The first kappa shape index (κ1) is 65.4. The Kier molecular flexibility index (Phi) is 25.6. The Morgan fingerprint density at radius 1 is 0.402 bits per heavy atom. The third kappa shape index (κ3) is 23.4. The molecule has 0 bridgehead atoms. The molecule has 15 N–H and O–H groups in total. The fourth-order valence-electron chi connectivity index (χ4n) is 8.75. The second-order valence-corrected chi connectivity index (χ2v) is 20.1. The number of alkyl carbamates (subject to hydrolysis) is 2. The molecule has 24 nitrogen and oxygen atoms in total. The van der Waals surface area contributed by atoms with Crippen molar-refractivity contribution in [3.05, 3.63) is 203 Å². The summed E-state index contributed by atoms with van der Waals surface area (Å²) >= 11 is 0. The van der Waals surface area contributed by atoms with E-state index in [1.54, 1.807) is 121 Å². The van der Waals surface area contributed by atoms with E-state index in [9.17, 15) is 48.3 Å². The van der Waals surface area contributed by atoms with Crippen LogP contribution in [0.1, 0.15) is 59.1 Å². The fourth-order valence-corrected chi connectivity index (χ4v) is 8.75. The third-order valence-corrected chi connectivity index (χ3v) is 13.3. The van der Waals surface area contributed by atoms with E-state index in [-0.39, 0.29) is 82.2 Å². The molecule has 6 rings (SSSR count). The highest BCUT2D eigenvalue weighted by molar-refractivity contribution is 5.95. The van der Waals surface area contributed by atoms with E-state index in [0.29, 0.717) is 33.4 Å². The summed E-state index contributed by atoms with van der Waals surface area (Å²) in [6.07, 6.45) is -2.89. The van der Waals surface area contributed by atoms with Crippen molar-refractivity contribution in [2.45, 2.75) is 101 Å². The summed E-state index contributed by atoms with van der Waals surface area (Å²) in [5.41, 5.74) is 26.1. The summed E-state index contributed by atoms with van der Waals surface area (Å²) in [7, 11) is 0. The number of nitrogens with one attached hydrogen (secondary N) is 6. The molecule has 0 heterocycles. The second kappa shape index (κ2) is 34.1. The lowest BCUT2D eigenvalue weighted by Crippen LogP contribution is -2.57. The molecule has 0 aromatic heterocycles. The maximum atomic E-state index is 14.3. The van der Waals surface area contributed by atoms with E-state index < -0.39 is 96.3 Å². The number of primary amides is 2. The molecular formula is C63H71N11O13. The molecule has 0 aliphatic rings. The SMILES string of the molecule is NC(=O)[C@H](Cc1ccccc1)NC(=O)[C@H](CCCN=C(N)N)NC(=O)[C@H](Cc1ccc(OC(=O)CC[C@H](NC(=O)[C@H](Cc2ccc(O)cc2)NC(=O)OCc2ccccc2)C(=O)N[C@@H](Cc2ccccc2)C(N)=O)cc1)NC(=O)OCc1ccccc1. The number of esters is 1. The van der Waals surface area contributed by atoms with Crippen LogP contribution in [0.25, 0.3) is 0 Å². The number of carbonyl (C=O) groups excluding carboxylic acids is 9. The number of nitrogens with zero attached hydrogens (tertiary/aromatic N) is 1. The maximum absolute atomic E-state index is 14.3. The predicted octanol–water partition coefficient (Wildman–Crippen LogP) is 2.90. The molecule has 6 aromatic rings. The first-order valence-electron chi connectivity index (χ1n) is 27.8. The van der Waals surface area contributed by atoms with E-state index in [1.165, 1.54) is 48.5 Å². The summed E-state index contributed by atoms with van der Waals surface area (Å²) < 4.78 is 16.5. The molecule has 0 aliphatic carbocycles. The van der Waals surface area contributed by atoms with E-state index in [2.05, 4.69) is 36.9 Å². The van der Waals surface area contributed by atoms with Crippen LogP contribution >= 0.6 is 0 Å². The molecule has 456 valence electrons. The van der Waals surface area contributed by atoms with Crippen LogP contribution in [-0.4, -0.2) is 107 Å². The molecule has 0 fully saturated rings. The topological polar surface area (TPSA) is 390 Å². The Bertz CT molecular complexity index is 3270. The summed E-state index contributed by atoms with van der Waals surface area (Å²) in [6.45, 7) is -0.180. The zero-order valence-electron chi connectivity index (χ0n) is 47.5. The van der Waals surface area contributed by atoms with Crippen molar-refractivity contribution >= 4 is 59.6 Å². The zero-order valence-corrected chi connectivity index (χ0v) is 47.5. The minimum Gasteiger partial charge on any atom is -0.508 e. The number of aromatic hydroxyl groups is 1. The van der Waals surface area contributed by atoms with Crippen molar-refractivity contribution < 1.29 is 62.5 Å². The van der Waals surface area contributed by atoms with Gasteiger partial charge in [-0.05, 0) is 76.9 Å². The first-order chi connectivity index (χ1) is 41.9. The van der Waals surface area contributed by atoms with Gasteiger partial charge in [-0.25, -0.2) is 9.59 Å². The highest BCUT2D eigenvalue weighted by atomic mass is 16.6. The number of phenols is 1. The van der Waals surface area contributed by atoms with Crippen molar-refractivity contribution in [1.82, 2.24) is 31.9 Å². The van der Waals surface area contributed by atoms with E-state index in [0.717, 1.165) is 0 Å². The molecule has 0 saturated heterocycles. The molecule has 0 aliphatic heterocycles. The van der Waals surface area contributed by atoms with Crippen LogP contribution in [0.5, 0.6) is 11.5 Å². The van der Waals surface area contributed by atoms with Gasteiger partial charge in [-0.1, -0.05) is 146 Å². The van der Waals surface area contributed by atoms with Crippen LogP contribution in [0.4, 0.5) is 9.59 Å². The van der Waals surface area contributed by atoms with E-state index in [4.69, 9.17) is 37.1 Å². The molecule has 8 amide bonds. The normalized spacial score (nSPS) is 12.8. The van der Waals surface area contributed by atoms with Crippen LogP contribution < -0.4 is 59.6 Å². The quantitative estimate of drug-likeness (QED) is 0.00951.